The average molecular weight is 418 g/mol. The molecular weight excluding hydrogens is 390 g/mol. The van der Waals surface area contributed by atoms with Crippen LogP contribution in [0.2, 0.25) is 0 Å². The van der Waals surface area contributed by atoms with E-state index in [4.69, 9.17) is 10.2 Å². The number of aryl methyl sites for hydroxylation is 2. The lowest BCUT2D eigenvalue weighted by molar-refractivity contribution is 0.0785. The van der Waals surface area contributed by atoms with Crippen molar-refractivity contribution >= 4 is 5.91 Å². The van der Waals surface area contributed by atoms with Crippen LogP contribution in [0.5, 0.6) is 0 Å². The van der Waals surface area contributed by atoms with Crippen LogP contribution in [0.4, 0.5) is 0 Å². The van der Waals surface area contributed by atoms with E-state index >= 15 is 0 Å². The molecule has 1 amide bonds. The quantitative estimate of drug-likeness (QED) is 0.659. The number of carbonyl (C=O) groups excluding carboxylic acids is 1. The van der Waals surface area contributed by atoms with Crippen molar-refractivity contribution in [3.8, 4) is 17.2 Å². The highest BCUT2D eigenvalue weighted by molar-refractivity contribution is 5.92. The van der Waals surface area contributed by atoms with Gasteiger partial charge in [-0.3, -0.25) is 19.6 Å². The fourth-order valence-electron chi connectivity index (χ4n) is 3.96. The smallest absolute Gasteiger partial charge is 0.274 e. The van der Waals surface area contributed by atoms with E-state index in [0.717, 1.165) is 34.6 Å². The lowest BCUT2D eigenvalue weighted by Crippen LogP contribution is -2.28. The van der Waals surface area contributed by atoms with E-state index in [9.17, 15) is 4.79 Å². The van der Waals surface area contributed by atoms with Gasteiger partial charge in [-0.25, -0.2) is 0 Å². The molecule has 0 spiro atoms. The van der Waals surface area contributed by atoms with Crippen LogP contribution in [0.25, 0.3) is 11.1 Å². The molecule has 1 unspecified atom stereocenters. The Balaban J connectivity index is 1.49. The summed E-state index contributed by atoms with van der Waals surface area (Å²) in [6, 6.07) is 8.14. The first-order valence-electron chi connectivity index (χ1n) is 10.7. The summed E-state index contributed by atoms with van der Waals surface area (Å²) >= 11 is 0. The Kier molecular flexibility index (Phi) is 5.85. The molecular formula is C23H27N7O. The van der Waals surface area contributed by atoms with E-state index < -0.39 is 0 Å². The molecule has 0 aliphatic carbocycles. The van der Waals surface area contributed by atoms with Crippen molar-refractivity contribution in [1.29, 1.82) is 5.26 Å². The van der Waals surface area contributed by atoms with E-state index in [2.05, 4.69) is 41.3 Å². The third-order valence-electron chi connectivity index (χ3n) is 5.73. The minimum Gasteiger partial charge on any atom is -0.337 e. The number of carbonyl (C=O) groups is 1. The monoisotopic (exact) mass is 417 g/mol. The summed E-state index contributed by atoms with van der Waals surface area (Å²) in [4.78, 5) is 19.5. The molecule has 1 fully saturated rings. The van der Waals surface area contributed by atoms with Gasteiger partial charge in [0.2, 0.25) is 0 Å². The zero-order valence-corrected chi connectivity index (χ0v) is 18.2. The summed E-state index contributed by atoms with van der Waals surface area (Å²) in [6.07, 6.45) is 5.10. The van der Waals surface area contributed by atoms with Crippen molar-refractivity contribution in [2.75, 3.05) is 13.1 Å². The van der Waals surface area contributed by atoms with Gasteiger partial charge in [0.15, 0.2) is 0 Å². The van der Waals surface area contributed by atoms with Crippen molar-refractivity contribution in [1.82, 2.24) is 29.9 Å². The number of nitrogens with one attached hydrogen (secondary N) is 1. The summed E-state index contributed by atoms with van der Waals surface area (Å²) in [6.45, 7) is 8.05. The molecule has 1 saturated heterocycles. The van der Waals surface area contributed by atoms with Gasteiger partial charge in [0.25, 0.3) is 5.91 Å². The molecule has 4 heterocycles. The van der Waals surface area contributed by atoms with Crippen LogP contribution in [0.3, 0.4) is 0 Å². The molecule has 4 rings (SSSR count). The highest BCUT2D eigenvalue weighted by Crippen LogP contribution is 2.30. The number of likely N-dealkylation sites (tertiary alicyclic amines) is 1. The SMILES string of the molecule is Cc1cc(-c2cnn(CCC#N)c2)cc(C2CCN(C(=O)c3cc(C(C)C)[nH]n3)C2)n1. The maximum atomic E-state index is 12.9. The van der Waals surface area contributed by atoms with Gasteiger partial charge in [-0.1, -0.05) is 13.8 Å². The van der Waals surface area contributed by atoms with Gasteiger partial charge in [-0.15, -0.1) is 0 Å². The number of hydrogen-bond acceptors (Lipinski definition) is 5. The number of rotatable bonds is 6. The molecule has 0 bridgehead atoms. The highest BCUT2D eigenvalue weighted by atomic mass is 16.2. The normalized spacial score (nSPS) is 16.1. The molecule has 1 N–H and O–H groups in total. The predicted molar refractivity (Wildman–Crippen MR) is 116 cm³/mol. The molecule has 0 radical (unpaired) electrons. The van der Waals surface area contributed by atoms with Crippen molar-refractivity contribution in [3.05, 3.63) is 53.4 Å². The number of nitriles is 1. The highest BCUT2D eigenvalue weighted by Gasteiger charge is 2.30. The molecule has 0 saturated carbocycles. The fourth-order valence-corrected chi connectivity index (χ4v) is 3.96. The average Bonchev–Trinajstić information content (AvgIpc) is 3.52. The van der Waals surface area contributed by atoms with Crippen LogP contribution in [0, 0.1) is 18.3 Å². The van der Waals surface area contributed by atoms with Crippen LogP contribution in [0.15, 0.2) is 30.6 Å². The minimum absolute atomic E-state index is 0.0303. The summed E-state index contributed by atoms with van der Waals surface area (Å²) in [5.74, 6) is 0.469. The molecule has 0 aromatic carbocycles. The third kappa shape index (κ3) is 4.50. The fraction of sp³-hybridized carbons (Fsp3) is 0.435. The number of aromatic nitrogens is 5. The second-order valence-electron chi connectivity index (χ2n) is 8.42. The second-order valence-corrected chi connectivity index (χ2v) is 8.42. The molecule has 160 valence electrons. The van der Waals surface area contributed by atoms with Crippen LogP contribution >= 0.6 is 0 Å². The Labute approximate surface area is 181 Å². The molecule has 3 aromatic rings. The number of pyridine rings is 1. The first-order valence-corrected chi connectivity index (χ1v) is 10.7. The molecule has 1 aliphatic rings. The third-order valence-corrected chi connectivity index (χ3v) is 5.73. The Hall–Kier alpha value is -3.47. The van der Waals surface area contributed by atoms with Gasteiger partial charge in [0.05, 0.1) is 25.2 Å². The Morgan fingerprint density at radius 3 is 2.90 bits per heavy atom. The molecule has 31 heavy (non-hydrogen) atoms. The van der Waals surface area contributed by atoms with E-state index in [-0.39, 0.29) is 11.8 Å². The van der Waals surface area contributed by atoms with E-state index in [0.29, 0.717) is 37.7 Å². The topological polar surface area (TPSA) is 103 Å². The van der Waals surface area contributed by atoms with Gasteiger partial charge in [-0.2, -0.15) is 15.5 Å². The van der Waals surface area contributed by atoms with Crippen LogP contribution < -0.4 is 0 Å². The van der Waals surface area contributed by atoms with Gasteiger partial charge < -0.3 is 4.90 Å². The standard InChI is InChI=1S/C23H27N7O/c1-15(2)20-11-22(28-27-20)23(31)29-8-5-17(13-29)21-10-18(9-16(3)26-21)19-12-25-30(14-19)7-4-6-24/h9-12,14-15,17H,4-5,7-8,13H2,1-3H3,(H,27,28). The summed E-state index contributed by atoms with van der Waals surface area (Å²) in [5, 5.41) is 20.3. The van der Waals surface area contributed by atoms with Crippen molar-refractivity contribution in [3.63, 3.8) is 0 Å². The lowest BCUT2D eigenvalue weighted by Gasteiger charge is -2.15. The predicted octanol–water partition coefficient (Wildman–Crippen LogP) is 3.64. The summed E-state index contributed by atoms with van der Waals surface area (Å²) in [7, 11) is 0. The van der Waals surface area contributed by atoms with E-state index in [1.165, 1.54) is 0 Å². The van der Waals surface area contributed by atoms with Crippen molar-refractivity contribution < 1.29 is 4.79 Å². The van der Waals surface area contributed by atoms with Gasteiger partial charge in [-0.05, 0) is 43.0 Å². The van der Waals surface area contributed by atoms with Gasteiger partial charge in [0, 0.05) is 47.8 Å². The van der Waals surface area contributed by atoms with Crippen LogP contribution in [-0.4, -0.2) is 48.9 Å². The summed E-state index contributed by atoms with van der Waals surface area (Å²) < 4.78 is 1.79. The zero-order chi connectivity index (χ0) is 22.0. The molecule has 8 heteroatoms. The first kappa shape index (κ1) is 20.8. The number of nitrogens with zero attached hydrogens (tertiary/aromatic N) is 6. The lowest BCUT2D eigenvalue weighted by atomic mass is 10.00. The zero-order valence-electron chi connectivity index (χ0n) is 18.2. The van der Waals surface area contributed by atoms with E-state index in [1.807, 2.05) is 36.4 Å². The maximum Gasteiger partial charge on any atom is 0.274 e. The first-order chi connectivity index (χ1) is 14.9. The maximum absolute atomic E-state index is 12.9. The Morgan fingerprint density at radius 2 is 2.16 bits per heavy atom. The second kappa shape index (κ2) is 8.72. The molecule has 1 aliphatic heterocycles. The summed E-state index contributed by atoms with van der Waals surface area (Å²) in [5.41, 5.74) is 5.46. The Bertz CT molecular complexity index is 1120. The minimum atomic E-state index is -0.0303. The van der Waals surface area contributed by atoms with Crippen LogP contribution in [0.1, 0.15) is 66.1 Å². The molecule has 8 nitrogen and oxygen atoms in total. The van der Waals surface area contributed by atoms with Gasteiger partial charge in [0.1, 0.15) is 5.69 Å². The molecule has 3 aromatic heterocycles. The number of aromatic amines is 1. The van der Waals surface area contributed by atoms with Crippen molar-refractivity contribution in [2.24, 2.45) is 0 Å². The van der Waals surface area contributed by atoms with E-state index in [1.54, 1.807) is 4.68 Å². The molecule has 1 atom stereocenters. The Morgan fingerprint density at radius 1 is 1.32 bits per heavy atom. The van der Waals surface area contributed by atoms with Gasteiger partial charge >= 0.3 is 0 Å². The van der Waals surface area contributed by atoms with Crippen LogP contribution in [-0.2, 0) is 6.54 Å². The van der Waals surface area contributed by atoms with Crippen molar-refractivity contribution in [2.45, 2.75) is 52.0 Å². The largest absolute Gasteiger partial charge is 0.337 e. The number of hydrogen-bond donors (Lipinski definition) is 1. The number of H-pyrrole nitrogens is 1. The number of amides is 1.